The first-order chi connectivity index (χ1) is 17.1. The molecule has 35 heavy (non-hydrogen) atoms. The van der Waals surface area contributed by atoms with Crippen molar-refractivity contribution in [1.82, 2.24) is 25.5 Å². The van der Waals surface area contributed by atoms with Crippen molar-refractivity contribution in [3.63, 3.8) is 0 Å². The molecule has 2 aromatic carbocycles. The number of nitrogens with one attached hydrogen (secondary N) is 2. The summed E-state index contributed by atoms with van der Waals surface area (Å²) < 4.78 is 5.75. The van der Waals surface area contributed by atoms with Crippen molar-refractivity contribution in [3.8, 4) is 17.0 Å². The van der Waals surface area contributed by atoms with E-state index in [9.17, 15) is 9.59 Å². The van der Waals surface area contributed by atoms with Gasteiger partial charge in [-0.3, -0.25) is 9.59 Å². The summed E-state index contributed by atoms with van der Waals surface area (Å²) >= 11 is 0. The Balaban J connectivity index is 1.00. The Morgan fingerprint density at radius 1 is 1.09 bits per heavy atom. The maximum atomic E-state index is 12.9. The summed E-state index contributed by atoms with van der Waals surface area (Å²) in [4.78, 5) is 33.4. The minimum atomic E-state index is -0.143. The molecular weight excluding hydrogens is 442 g/mol. The van der Waals surface area contributed by atoms with Crippen molar-refractivity contribution in [2.45, 2.75) is 44.2 Å². The number of benzene rings is 2. The molecule has 174 valence electrons. The Morgan fingerprint density at radius 2 is 1.91 bits per heavy atom. The summed E-state index contributed by atoms with van der Waals surface area (Å²) in [6.07, 6.45) is 7.22. The van der Waals surface area contributed by atoms with Crippen LogP contribution in [0.15, 0.2) is 59.8 Å². The largest absolute Gasteiger partial charge is 0.485 e. The minimum Gasteiger partial charge on any atom is -0.485 e. The number of H-pyrrole nitrogens is 1. The fraction of sp³-hybridized carbons (Fsp3) is 0.296. The van der Waals surface area contributed by atoms with Crippen LogP contribution in [-0.2, 0) is 6.61 Å². The summed E-state index contributed by atoms with van der Waals surface area (Å²) in [5.74, 6) is 0.965. The number of carbonyl (C=O) groups excluding carboxylic acids is 1. The molecule has 7 rings (SSSR count). The Kier molecular flexibility index (Phi) is 4.33. The molecule has 4 aromatic rings. The fourth-order valence-corrected chi connectivity index (χ4v) is 6.18. The van der Waals surface area contributed by atoms with E-state index in [1.54, 1.807) is 6.20 Å². The van der Waals surface area contributed by atoms with Crippen molar-refractivity contribution in [2.24, 2.45) is 5.41 Å². The average molecular weight is 466 g/mol. The Labute approximate surface area is 200 Å². The highest BCUT2D eigenvalue weighted by molar-refractivity contribution is 5.95. The van der Waals surface area contributed by atoms with E-state index in [4.69, 9.17) is 4.74 Å². The van der Waals surface area contributed by atoms with Crippen LogP contribution in [0.3, 0.4) is 0 Å². The van der Waals surface area contributed by atoms with E-state index in [1.165, 1.54) is 6.33 Å². The van der Waals surface area contributed by atoms with Crippen LogP contribution in [0, 0.1) is 5.41 Å². The lowest BCUT2D eigenvalue weighted by molar-refractivity contribution is -0.0196. The first-order valence-electron chi connectivity index (χ1n) is 11.9. The second-order valence-electron chi connectivity index (χ2n) is 10.1. The maximum Gasteiger partial charge on any atom is 0.272 e. The minimum absolute atomic E-state index is 0.0506. The lowest BCUT2D eigenvalue weighted by Gasteiger charge is -2.57. The molecule has 0 bridgehead atoms. The SMILES string of the molecule is O=C(NC1CC2(C1)CC(c1n[nH]c(=O)c3ccccc13)C2)c1ccc2c(c1)COc1cncnc1-2. The monoisotopic (exact) mass is 465 g/mol. The summed E-state index contributed by atoms with van der Waals surface area (Å²) in [5.41, 5.74) is 4.46. The molecule has 8 nitrogen and oxygen atoms in total. The predicted octanol–water partition coefficient (Wildman–Crippen LogP) is 3.73. The molecule has 2 aliphatic carbocycles. The van der Waals surface area contributed by atoms with E-state index >= 15 is 0 Å². The second-order valence-corrected chi connectivity index (χ2v) is 10.1. The molecular formula is C27H23N5O3. The lowest BCUT2D eigenvalue weighted by Crippen LogP contribution is -2.55. The van der Waals surface area contributed by atoms with Crippen LogP contribution in [0.4, 0.5) is 0 Å². The van der Waals surface area contributed by atoms with Crippen molar-refractivity contribution >= 4 is 16.7 Å². The molecule has 8 heteroatoms. The molecule has 0 radical (unpaired) electrons. The molecule has 1 amide bonds. The van der Waals surface area contributed by atoms with Gasteiger partial charge in [0.15, 0.2) is 5.75 Å². The number of carbonyl (C=O) groups is 1. The average Bonchev–Trinajstić information content (AvgIpc) is 2.85. The van der Waals surface area contributed by atoms with Crippen LogP contribution >= 0.6 is 0 Å². The summed E-state index contributed by atoms with van der Waals surface area (Å²) in [6.45, 7) is 0.401. The normalized spacial score (nSPS) is 24.0. The highest BCUT2D eigenvalue weighted by Crippen LogP contribution is 2.62. The number of ether oxygens (including phenoxy) is 1. The molecule has 3 aliphatic rings. The van der Waals surface area contributed by atoms with Crippen LogP contribution < -0.4 is 15.6 Å². The topological polar surface area (TPSA) is 110 Å². The van der Waals surface area contributed by atoms with Gasteiger partial charge in [-0.25, -0.2) is 15.1 Å². The smallest absolute Gasteiger partial charge is 0.272 e. The number of rotatable bonds is 3. The zero-order valence-corrected chi connectivity index (χ0v) is 19.0. The summed E-state index contributed by atoms with van der Waals surface area (Å²) in [5, 5.41) is 11.9. The van der Waals surface area contributed by atoms with E-state index in [0.717, 1.165) is 53.6 Å². The summed E-state index contributed by atoms with van der Waals surface area (Å²) in [6, 6.07) is 13.5. The third kappa shape index (κ3) is 3.24. The standard InChI is InChI=1S/C27H23N5O3/c33-25(15-5-6-19-16(7-15)13-35-22-12-28-14-29-24(19)22)30-18-10-27(11-18)8-17(9-27)23-20-3-1-2-4-21(20)26(34)32-31-23/h1-7,12,14,17-18H,8-11,13H2,(H,30,33)(H,32,34). The molecule has 1 aliphatic heterocycles. The Bertz CT molecular complexity index is 1550. The van der Waals surface area contributed by atoms with Gasteiger partial charge in [-0.1, -0.05) is 24.3 Å². The molecule has 2 aromatic heterocycles. The second kappa shape index (κ2) is 7.46. The number of amides is 1. The van der Waals surface area contributed by atoms with E-state index < -0.39 is 0 Å². The lowest BCUT2D eigenvalue weighted by atomic mass is 9.49. The van der Waals surface area contributed by atoms with E-state index in [-0.39, 0.29) is 22.9 Å². The van der Waals surface area contributed by atoms with Crippen LogP contribution in [-0.4, -0.2) is 32.1 Å². The summed E-state index contributed by atoms with van der Waals surface area (Å²) in [7, 11) is 0. The zero-order valence-electron chi connectivity index (χ0n) is 19.0. The van der Waals surface area contributed by atoms with Gasteiger partial charge in [-0.15, -0.1) is 0 Å². The van der Waals surface area contributed by atoms with Crippen molar-refractivity contribution in [3.05, 3.63) is 82.2 Å². The Hall–Kier alpha value is -4.07. The molecule has 3 heterocycles. The molecule has 0 atom stereocenters. The van der Waals surface area contributed by atoms with Gasteiger partial charge in [0.05, 0.1) is 17.3 Å². The number of hydrogen-bond acceptors (Lipinski definition) is 6. The van der Waals surface area contributed by atoms with E-state index in [0.29, 0.717) is 29.2 Å². The quantitative estimate of drug-likeness (QED) is 0.477. The first kappa shape index (κ1) is 20.3. The van der Waals surface area contributed by atoms with Crippen molar-refractivity contribution < 1.29 is 9.53 Å². The van der Waals surface area contributed by atoms with E-state index in [1.807, 2.05) is 42.5 Å². The fourth-order valence-electron chi connectivity index (χ4n) is 6.18. The number of nitrogens with zero attached hydrogens (tertiary/aromatic N) is 3. The van der Waals surface area contributed by atoms with Gasteiger partial charge in [0, 0.05) is 28.5 Å². The first-order valence-corrected chi connectivity index (χ1v) is 11.9. The van der Waals surface area contributed by atoms with Gasteiger partial charge in [0.1, 0.15) is 18.6 Å². The zero-order chi connectivity index (χ0) is 23.6. The molecule has 0 unspecified atom stereocenters. The molecule has 0 saturated heterocycles. The van der Waals surface area contributed by atoms with Crippen molar-refractivity contribution in [1.29, 1.82) is 0 Å². The van der Waals surface area contributed by atoms with E-state index in [2.05, 4.69) is 25.5 Å². The van der Waals surface area contributed by atoms with Crippen LogP contribution in [0.2, 0.25) is 0 Å². The van der Waals surface area contributed by atoms with Gasteiger partial charge in [-0.2, -0.15) is 5.10 Å². The van der Waals surface area contributed by atoms with Gasteiger partial charge >= 0.3 is 0 Å². The number of aromatic nitrogens is 4. The van der Waals surface area contributed by atoms with Gasteiger partial charge < -0.3 is 10.1 Å². The third-order valence-electron chi connectivity index (χ3n) is 7.85. The predicted molar refractivity (Wildman–Crippen MR) is 129 cm³/mol. The van der Waals surface area contributed by atoms with Crippen LogP contribution in [0.5, 0.6) is 5.75 Å². The van der Waals surface area contributed by atoms with Crippen molar-refractivity contribution in [2.75, 3.05) is 0 Å². The molecule has 2 fully saturated rings. The van der Waals surface area contributed by atoms with Crippen LogP contribution in [0.25, 0.3) is 22.0 Å². The van der Waals surface area contributed by atoms with Gasteiger partial charge in [-0.05, 0) is 54.9 Å². The number of hydrogen-bond donors (Lipinski definition) is 2. The highest BCUT2D eigenvalue weighted by atomic mass is 16.5. The third-order valence-corrected chi connectivity index (χ3v) is 7.85. The highest BCUT2D eigenvalue weighted by Gasteiger charge is 2.54. The van der Waals surface area contributed by atoms with Gasteiger partial charge in [0.25, 0.3) is 11.5 Å². The molecule has 1 spiro atoms. The molecule has 2 saturated carbocycles. The van der Waals surface area contributed by atoms with Crippen LogP contribution in [0.1, 0.15) is 53.2 Å². The maximum absolute atomic E-state index is 12.9. The molecule has 2 N–H and O–H groups in total. The number of aromatic amines is 1. The van der Waals surface area contributed by atoms with Gasteiger partial charge in [0.2, 0.25) is 0 Å². The number of fused-ring (bicyclic) bond motifs is 4. The Morgan fingerprint density at radius 3 is 2.77 bits per heavy atom.